The van der Waals surface area contributed by atoms with Gasteiger partial charge in [-0.3, -0.25) is 0 Å². The molecule has 0 bridgehead atoms. The largest absolute Gasteiger partial charge is 0.511 e. The maximum Gasteiger partial charge on any atom is 0.511 e. The van der Waals surface area contributed by atoms with E-state index in [-0.39, 0.29) is 13.2 Å². The summed E-state index contributed by atoms with van der Waals surface area (Å²) in [5.41, 5.74) is 9.06. The van der Waals surface area contributed by atoms with Crippen molar-refractivity contribution < 1.29 is 42.8 Å². The van der Waals surface area contributed by atoms with Crippen molar-refractivity contribution >= 4 is 40.3 Å². The van der Waals surface area contributed by atoms with E-state index < -0.39 is 48.9 Å². The van der Waals surface area contributed by atoms with Crippen molar-refractivity contribution in [1.29, 1.82) is 0 Å². The number of alkyl carbamates (subject to hydrolysis) is 1. The average Bonchev–Trinajstić information content (AvgIpc) is 3.99. The summed E-state index contributed by atoms with van der Waals surface area (Å²) >= 11 is 0. The number of ether oxygens (including phenoxy) is 6. The number of esters is 1. The molecule has 14 heteroatoms. The number of hydrogen-bond donors (Lipinski definition) is 1. The van der Waals surface area contributed by atoms with Crippen molar-refractivity contribution in [2.45, 2.75) is 70.9 Å². The number of fused-ring (bicyclic) bond motifs is 3. The Hall–Kier alpha value is -6.25. The average molecular weight is 788 g/mol. The van der Waals surface area contributed by atoms with Crippen LogP contribution in [0.15, 0.2) is 84.9 Å². The number of rotatable bonds is 11. The number of aromatic nitrogens is 4. The van der Waals surface area contributed by atoms with Gasteiger partial charge in [0.1, 0.15) is 23.9 Å². The molecule has 14 nitrogen and oxygen atoms in total. The van der Waals surface area contributed by atoms with Crippen LogP contribution in [0.1, 0.15) is 47.6 Å². The summed E-state index contributed by atoms with van der Waals surface area (Å²) in [5, 5.41) is 2.38. The normalized spacial score (nSPS) is 19.2. The van der Waals surface area contributed by atoms with Crippen molar-refractivity contribution in [3.8, 4) is 22.5 Å². The second-order valence-electron chi connectivity index (χ2n) is 14.5. The Balaban J connectivity index is 0.949. The maximum atomic E-state index is 13.4. The molecule has 2 aromatic heterocycles. The van der Waals surface area contributed by atoms with Crippen molar-refractivity contribution in [3.05, 3.63) is 107 Å². The molecule has 0 radical (unpaired) electrons. The summed E-state index contributed by atoms with van der Waals surface area (Å²) in [7, 11) is 3.50. The monoisotopic (exact) mass is 787 g/mol. The highest BCUT2D eigenvalue weighted by Crippen LogP contribution is 2.33. The van der Waals surface area contributed by atoms with E-state index in [1.807, 2.05) is 49.5 Å². The zero-order chi connectivity index (χ0) is 40.5. The highest BCUT2D eigenvalue weighted by atomic mass is 16.8. The molecule has 4 heterocycles. The Bertz CT molecular complexity index is 2490. The standard InChI is InChI=1S/C44H45N5O9/c1-6-11-37-47-38-25(2)20-29(41-46-32-14-9-10-15-33(32)48(41)5)21-34(38)49(37)22-27-16-18-28(19-17-27)30-12-7-8-13-31(30)42(50)55-26(3)56-44(52)58-36-24-54-39-35(23-53-40(36)39)57-43(51)45-4/h7-10,12-21,26,35-36,39-40H,6,11,22-24H2,1-5H3,(H,45,51)/t26?,35-,36-,39-,40-/m1/s1. The fraction of sp³-hybridized carbons (Fsp3) is 0.341. The molecule has 1 amide bonds. The predicted molar refractivity (Wildman–Crippen MR) is 214 cm³/mol. The predicted octanol–water partition coefficient (Wildman–Crippen LogP) is 7.11. The minimum atomic E-state index is -1.26. The second kappa shape index (κ2) is 16.3. The van der Waals surface area contributed by atoms with Crippen molar-refractivity contribution in [2.24, 2.45) is 7.05 Å². The Morgan fingerprint density at radius 2 is 1.57 bits per heavy atom. The first-order valence-electron chi connectivity index (χ1n) is 19.4. The molecule has 0 saturated carbocycles. The van der Waals surface area contributed by atoms with Crippen molar-refractivity contribution in [1.82, 2.24) is 24.4 Å². The lowest BCUT2D eigenvalue weighted by Crippen LogP contribution is -2.37. The van der Waals surface area contributed by atoms with E-state index in [2.05, 4.69) is 58.6 Å². The first-order valence-corrected chi connectivity index (χ1v) is 19.4. The van der Waals surface area contributed by atoms with Crippen LogP contribution in [-0.2, 0) is 48.4 Å². The molecule has 0 aliphatic carbocycles. The summed E-state index contributed by atoms with van der Waals surface area (Å²) < 4.78 is 37.3. The van der Waals surface area contributed by atoms with Crippen LogP contribution < -0.4 is 5.32 Å². The third kappa shape index (κ3) is 7.60. The molecule has 2 aliphatic heterocycles. The van der Waals surface area contributed by atoms with E-state index in [1.54, 1.807) is 12.1 Å². The van der Waals surface area contributed by atoms with Crippen LogP contribution in [-0.4, -0.2) is 88.3 Å². The Labute approximate surface area is 335 Å². The number of imidazole rings is 2. The molecule has 2 fully saturated rings. The minimum absolute atomic E-state index is 0.0292. The van der Waals surface area contributed by atoms with E-state index in [0.29, 0.717) is 17.7 Å². The van der Waals surface area contributed by atoms with Gasteiger partial charge in [0, 0.05) is 39.5 Å². The number of para-hydroxylation sites is 2. The number of carbonyl (C=O) groups excluding carboxylic acids is 3. The van der Waals surface area contributed by atoms with Gasteiger partial charge in [0.2, 0.25) is 6.29 Å². The van der Waals surface area contributed by atoms with Crippen LogP contribution >= 0.6 is 0 Å². The van der Waals surface area contributed by atoms with Crippen LogP contribution in [0.2, 0.25) is 0 Å². The van der Waals surface area contributed by atoms with E-state index in [0.717, 1.165) is 68.8 Å². The third-order valence-corrected chi connectivity index (χ3v) is 10.6. The zero-order valence-electron chi connectivity index (χ0n) is 33.0. The summed E-state index contributed by atoms with van der Waals surface area (Å²) in [6.07, 6.45) is -3.78. The lowest BCUT2D eigenvalue weighted by molar-refractivity contribution is -0.0987. The summed E-state index contributed by atoms with van der Waals surface area (Å²) in [5.74, 6) is 1.26. The molecule has 2 saturated heterocycles. The molecule has 1 N–H and O–H groups in total. The summed E-state index contributed by atoms with van der Waals surface area (Å²) in [4.78, 5) is 47.8. The van der Waals surface area contributed by atoms with Gasteiger partial charge in [0.25, 0.3) is 0 Å². The smallest absolute Gasteiger partial charge is 0.441 e. The maximum absolute atomic E-state index is 13.4. The molecule has 58 heavy (non-hydrogen) atoms. The van der Waals surface area contributed by atoms with Gasteiger partial charge < -0.3 is 42.9 Å². The molecule has 1 unspecified atom stereocenters. The van der Waals surface area contributed by atoms with E-state index in [9.17, 15) is 14.4 Å². The van der Waals surface area contributed by atoms with Crippen LogP contribution in [0.5, 0.6) is 0 Å². The molecule has 8 rings (SSSR count). The molecule has 6 aromatic rings. The Morgan fingerprint density at radius 3 is 2.29 bits per heavy atom. The molecule has 0 spiro atoms. The van der Waals surface area contributed by atoms with Gasteiger partial charge in [-0.1, -0.05) is 61.5 Å². The second-order valence-corrected chi connectivity index (χ2v) is 14.5. The Kier molecular flexibility index (Phi) is 10.9. The summed E-state index contributed by atoms with van der Waals surface area (Å²) in [6.45, 7) is 6.43. The SMILES string of the molecule is CCCc1nc2c(C)cc(-c3nc4ccccc4n3C)cc2n1Cc1ccc(-c2ccccc2C(=O)OC(C)OC(=O)O[C@@H]2CO[C@H]3[C@@H]2OC[C@H]3OC(=O)NC)cc1. The van der Waals surface area contributed by atoms with Crippen LogP contribution in [0.25, 0.3) is 44.6 Å². The van der Waals surface area contributed by atoms with Crippen LogP contribution in [0, 0.1) is 6.92 Å². The van der Waals surface area contributed by atoms with Crippen LogP contribution in [0.4, 0.5) is 9.59 Å². The van der Waals surface area contributed by atoms with Gasteiger partial charge in [-0.15, -0.1) is 0 Å². The third-order valence-electron chi connectivity index (χ3n) is 10.6. The zero-order valence-corrected chi connectivity index (χ0v) is 33.0. The number of carbonyl (C=O) groups is 3. The van der Waals surface area contributed by atoms with Gasteiger partial charge in [-0.25, -0.2) is 24.4 Å². The fourth-order valence-electron chi connectivity index (χ4n) is 7.80. The highest BCUT2D eigenvalue weighted by Gasteiger charge is 2.51. The van der Waals surface area contributed by atoms with Crippen molar-refractivity contribution in [3.63, 3.8) is 0 Å². The van der Waals surface area contributed by atoms with Gasteiger partial charge in [-0.05, 0) is 65.9 Å². The number of nitrogens with one attached hydrogen (secondary N) is 1. The number of nitrogens with zero attached hydrogens (tertiary/aromatic N) is 4. The summed E-state index contributed by atoms with van der Waals surface area (Å²) in [6, 6.07) is 27.7. The Morgan fingerprint density at radius 1 is 0.862 bits per heavy atom. The molecule has 5 atom stereocenters. The minimum Gasteiger partial charge on any atom is -0.441 e. The molecule has 2 aliphatic rings. The quantitative estimate of drug-likeness (QED) is 0.0812. The first kappa shape index (κ1) is 38.6. The number of hydrogen-bond acceptors (Lipinski definition) is 11. The molecule has 4 aromatic carbocycles. The number of benzene rings is 4. The van der Waals surface area contributed by atoms with E-state index in [1.165, 1.54) is 14.0 Å². The number of amides is 1. The van der Waals surface area contributed by atoms with E-state index >= 15 is 0 Å². The van der Waals surface area contributed by atoms with Gasteiger partial charge >= 0.3 is 18.2 Å². The molecular formula is C44H45N5O9. The first-order chi connectivity index (χ1) is 28.1. The molecule has 300 valence electrons. The lowest BCUT2D eigenvalue weighted by Gasteiger charge is -2.19. The van der Waals surface area contributed by atoms with Gasteiger partial charge in [0.05, 0.1) is 40.8 Å². The lowest BCUT2D eigenvalue weighted by atomic mass is 9.98. The van der Waals surface area contributed by atoms with Crippen LogP contribution in [0.3, 0.4) is 0 Å². The fourth-order valence-corrected chi connectivity index (χ4v) is 7.80. The van der Waals surface area contributed by atoms with E-state index in [4.69, 9.17) is 38.4 Å². The molecular weight excluding hydrogens is 743 g/mol. The van der Waals surface area contributed by atoms with Gasteiger partial charge in [-0.2, -0.15) is 0 Å². The topological polar surface area (TPSA) is 154 Å². The number of aryl methyl sites for hydroxylation is 3. The van der Waals surface area contributed by atoms with Gasteiger partial charge in [0.15, 0.2) is 12.2 Å². The van der Waals surface area contributed by atoms with Crippen molar-refractivity contribution in [2.75, 3.05) is 20.3 Å². The highest BCUT2D eigenvalue weighted by molar-refractivity contribution is 5.97.